The van der Waals surface area contributed by atoms with Crippen LogP contribution in [0.25, 0.3) is 10.9 Å². The maximum absolute atomic E-state index is 12.7. The van der Waals surface area contributed by atoms with E-state index in [2.05, 4.69) is 4.98 Å². The molecule has 2 nitrogen and oxygen atoms in total. The van der Waals surface area contributed by atoms with Gasteiger partial charge in [-0.3, -0.25) is 4.79 Å². The molecule has 2 aromatic rings. The second-order valence-electron chi connectivity index (χ2n) is 3.54. The number of hydrogen-bond acceptors (Lipinski definition) is 1. The maximum atomic E-state index is 12.7. The van der Waals surface area contributed by atoms with E-state index in [1.807, 2.05) is 0 Å². The number of H-pyrrole nitrogens is 1. The number of alkyl halides is 3. The molecule has 0 unspecified atom stereocenters. The predicted octanol–water partition coefficient (Wildman–Crippen LogP) is 2.86. The molecule has 84 valence electrons. The number of nitrogens with one attached hydrogen (secondary N) is 1. The fourth-order valence-corrected chi connectivity index (χ4v) is 1.64. The molecule has 0 radical (unpaired) electrons. The Labute approximate surface area is 88.7 Å². The second kappa shape index (κ2) is 3.37. The third kappa shape index (κ3) is 1.68. The number of hydrogen-bond donors (Lipinski definition) is 1. The lowest BCUT2D eigenvalue weighted by atomic mass is 10.0. The van der Waals surface area contributed by atoms with Gasteiger partial charge in [0.1, 0.15) is 0 Å². The Kier molecular flexibility index (Phi) is 2.26. The van der Waals surface area contributed by atoms with Crippen molar-refractivity contribution in [3.63, 3.8) is 0 Å². The summed E-state index contributed by atoms with van der Waals surface area (Å²) < 4.78 is 38.0. The first-order valence-electron chi connectivity index (χ1n) is 4.59. The minimum atomic E-state index is -4.41. The van der Waals surface area contributed by atoms with Gasteiger partial charge in [0.2, 0.25) is 5.56 Å². The second-order valence-corrected chi connectivity index (χ2v) is 3.54. The molecule has 0 bridgehead atoms. The van der Waals surface area contributed by atoms with E-state index in [0.29, 0.717) is 5.56 Å². The topological polar surface area (TPSA) is 32.9 Å². The van der Waals surface area contributed by atoms with E-state index < -0.39 is 17.3 Å². The van der Waals surface area contributed by atoms with Crippen LogP contribution >= 0.6 is 0 Å². The highest BCUT2D eigenvalue weighted by Gasteiger charge is 2.32. The molecule has 16 heavy (non-hydrogen) atoms. The molecule has 0 saturated heterocycles. The molecule has 5 heteroatoms. The minimum Gasteiger partial charge on any atom is -0.322 e. The quantitative estimate of drug-likeness (QED) is 0.737. The van der Waals surface area contributed by atoms with Gasteiger partial charge in [0, 0.05) is 11.5 Å². The first-order valence-corrected chi connectivity index (χ1v) is 4.59. The summed E-state index contributed by atoms with van der Waals surface area (Å²) in [5.41, 5.74) is -0.290. The average molecular weight is 227 g/mol. The minimum absolute atomic E-state index is 0.0205. The molecule has 0 saturated carbocycles. The highest BCUT2D eigenvalue weighted by atomic mass is 19.4. The van der Waals surface area contributed by atoms with Crippen LogP contribution in [0.1, 0.15) is 11.1 Å². The maximum Gasteiger partial charge on any atom is 0.417 e. The summed E-state index contributed by atoms with van der Waals surface area (Å²) in [5.74, 6) is 0. The van der Waals surface area contributed by atoms with Crippen LogP contribution in [0.5, 0.6) is 0 Å². The molecule has 0 aliphatic heterocycles. The molecule has 1 aromatic heterocycles. The number of aryl methyl sites for hydroxylation is 1. The molecule has 0 spiro atoms. The van der Waals surface area contributed by atoms with Crippen LogP contribution in [-0.4, -0.2) is 4.98 Å². The molecule has 0 atom stereocenters. The van der Waals surface area contributed by atoms with E-state index in [4.69, 9.17) is 0 Å². The zero-order valence-electron chi connectivity index (χ0n) is 8.35. The van der Waals surface area contributed by atoms with Crippen LogP contribution in [0.2, 0.25) is 0 Å². The Bertz CT molecular complexity index is 598. The van der Waals surface area contributed by atoms with Crippen molar-refractivity contribution in [2.75, 3.05) is 0 Å². The van der Waals surface area contributed by atoms with Gasteiger partial charge in [-0.25, -0.2) is 0 Å². The Morgan fingerprint density at radius 1 is 1.12 bits per heavy atom. The Morgan fingerprint density at radius 3 is 2.44 bits per heavy atom. The molecule has 1 N–H and O–H groups in total. The molecule has 2 rings (SSSR count). The Balaban J connectivity index is 2.90. The third-order valence-electron chi connectivity index (χ3n) is 2.41. The van der Waals surface area contributed by atoms with Crippen LogP contribution in [0.4, 0.5) is 13.2 Å². The van der Waals surface area contributed by atoms with Gasteiger partial charge >= 0.3 is 6.18 Å². The van der Waals surface area contributed by atoms with Gasteiger partial charge in [0.05, 0.1) is 11.1 Å². The van der Waals surface area contributed by atoms with Crippen LogP contribution < -0.4 is 5.56 Å². The van der Waals surface area contributed by atoms with Crippen LogP contribution in [-0.2, 0) is 6.18 Å². The van der Waals surface area contributed by atoms with Crippen molar-refractivity contribution in [2.45, 2.75) is 13.1 Å². The fraction of sp³-hybridized carbons (Fsp3) is 0.182. The van der Waals surface area contributed by atoms with Crippen LogP contribution in [0.3, 0.4) is 0 Å². The van der Waals surface area contributed by atoms with Crippen LogP contribution in [0.15, 0.2) is 29.1 Å². The smallest absolute Gasteiger partial charge is 0.322 e. The molecule has 1 heterocycles. The van der Waals surface area contributed by atoms with E-state index in [-0.39, 0.29) is 10.9 Å². The van der Waals surface area contributed by atoms with Crippen molar-refractivity contribution in [3.05, 3.63) is 45.7 Å². The zero-order valence-corrected chi connectivity index (χ0v) is 8.35. The Morgan fingerprint density at radius 2 is 1.81 bits per heavy atom. The number of benzene rings is 1. The van der Waals surface area contributed by atoms with Gasteiger partial charge in [-0.2, -0.15) is 13.2 Å². The van der Waals surface area contributed by atoms with E-state index in [1.165, 1.54) is 12.1 Å². The Hall–Kier alpha value is -1.78. The lowest BCUT2D eigenvalue weighted by molar-refractivity contribution is -0.136. The summed E-state index contributed by atoms with van der Waals surface area (Å²) in [6.45, 7) is 1.65. The highest BCUT2D eigenvalue weighted by Crippen LogP contribution is 2.34. The summed E-state index contributed by atoms with van der Waals surface area (Å²) in [6, 6.07) is 4.66. The monoisotopic (exact) mass is 227 g/mol. The van der Waals surface area contributed by atoms with Crippen molar-refractivity contribution in [1.29, 1.82) is 0 Å². The summed E-state index contributed by atoms with van der Waals surface area (Å²) in [7, 11) is 0. The summed E-state index contributed by atoms with van der Waals surface area (Å²) in [4.78, 5) is 13.5. The summed E-state index contributed by atoms with van der Waals surface area (Å²) >= 11 is 0. The average Bonchev–Trinajstić information content (AvgIpc) is 2.17. The van der Waals surface area contributed by atoms with Gasteiger partial charge < -0.3 is 4.98 Å². The van der Waals surface area contributed by atoms with Gasteiger partial charge in [-0.1, -0.05) is 6.07 Å². The molecule has 0 aliphatic rings. The van der Waals surface area contributed by atoms with Crippen molar-refractivity contribution in [1.82, 2.24) is 4.98 Å². The molecule has 1 aromatic carbocycles. The van der Waals surface area contributed by atoms with E-state index >= 15 is 0 Å². The number of aromatic nitrogens is 1. The number of fused-ring (bicyclic) bond motifs is 1. The van der Waals surface area contributed by atoms with Gasteiger partial charge in [-0.15, -0.1) is 0 Å². The lowest BCUT2D eigenvalue weighted by Gasteiger charge is -2.11. The van der Waals surface area contributed by atoms with Crippen molar-refractivity contribution in [3.8, 4) is 0 Å². The van der Waals surface area contributed by atoms with E-state index in [1.54, 1.807) is 6.92 Å². The summed E-state index contributed by atoms with van der Waals surface area (Å²) in [5, 5.41) is 0.0205. The normalized spacial score (nSPS) is 12.0. The molecular formula is C11H8F3NO. The molecule has 0 fully saturated rings. The fourth-order valence-electron chi connectivity index (χ4n) is 1.64. The standard InChI is InChI=1S/C11H8F3NO/c1-6-2-4-8(11(12,13)14)7-3-5-9(16)15-10(6)7/h2-5H,1H3,(H,15,16). The number of rotatable bonds is 0. The van der Waals surface area contributed by atoms with E-state index in [9.17, 15) is 18.0 Å². The highest BCUT2D eigenvalue weighted by molar-refractivity contribution is 5.85. The SMILES string of the molecule is Cc1ccc(C(F)(F)F)c2ccc(=O)[nH]c12. The van der Waals surface area contributed by atoms with Gasteiger partial charge in [0.25, 0.3) is 0 Å². The van der Waals surface area contributed by atoms with Gasteiger partial charge in [-0.05, 0) is 24.6 Å². The predicted molar refractivity (Wildman–Crippen MR) is 54.3 cm³/mol. The van der Waals surface area contributed by atoms with Crippen molar-refractivity contribution >= 4 is 10.9 Å². The first kappa shape index (κ1) is 10.7. The first-order chi connectivity index (χ1) is 7.39. The van der Waals surface area contributed by atoms with E-state index in [0.717, 1.165) is 12.1 Å². The zero-order chi connectivity index (χ0) is 11.9. The molecular weight excluding hydrogens is 219 g/mol. The molecule has 0 amide bonds. The third-order valence-corrected chi connectivity index (χ3v) is 2.41. The van der Waals surface area contributed by atoms with Gasteiger partial charge in [0.15, 0.2) is 0 Å². The number of halogens is 3. The van der Waals surface area contributed by atoms with Crippen molar-refractivity contribution in [2.24, 2.45) is 0 Å². The number of pyridine rings is 1. The van der Waals surface area contributed by atoms with Crippen molar-refractivity contribution < 1.29 is 13.2 Å². The largest absolute Gasteiger partial charge is 0.417 e. The summed E-state index contributed by atoms with van der Waals surface area (Å²) in [6.07, 6.45) is -4.41. The molecule has 0 aliphatic carbocycles. The lowest BCUT2D eigenvalue weighted by Crippen LogP contribution is -2.09. The number of aromatic amines is 1. The van der Waals surface area contributed by atoms with Crippen LogP contribution in [0, 0.1) is 6.92 Å².